The van der Waals surface area contributed by atoms with E-state index in [1.807, 2.05) is 48.5 Å². The third kappa shape index (κ3) is 2.72. The summed E-state index contributed by atoms with van der Waals surface area (Å²) in [4.78, 5) is 12.4. The molecule has 0 saturated heterocycles. The first-order chi connectivity index (χ1) is 12.1. The lowest BCUT2D eigenvalue weighted by Gasteiger charge is -2.06. The van der Waals surface area contributed by atoms with Crippen LogP contribution in [0.4, 0.5) is 0 Å². The molecule has 3 aromatic carbocycles. The highest BCUT2D eigenvalue weighted by Gasteiger charge is 2.24. The average molecular weight is 393 g/mol. The monoisotopic (exact) mass is 392 g/mol. The molecule has 0 aliphatic heterocycles. The molecule has 0 spiro atoms. The van der Waals surface area contributed by atoms with Crippen molar-refractivity contribution in [1.29, 1.82) is 0 Å². The zero-order valence-electron chi connectivity index (χ0n) is 13.0. The van der Waals surface area contributed by atoms with Crippen LogP contribution < -0.4 is 5.43 Å². The minimum Gasteiger partial charge on any atom is -0.507 e. The molecule has 2 N–H and O–H groups in total. The van der Waals surface area contributed by atoms with Gasteiger partial charge in [0, 0.05) is 15.6 Å². The fourth-order valence-electron chi connectivity index (χ4n) is 2.97. The minimum absolute atomic E-state index is 0.0897. The Balaban J connectivity index is 1.72. The number of carbonyl (C=O) groups excluding carboxylic acids is 1. The Hall–Kier alpha value is -2.92. The van der Waals surface area contributed by atoms with Crippen molar-refractivity contribution >= 4 is 27.5 Å². The van der Waals surface area contributed by atoms with Crippen molar-refractivity contribution in [2.75, 3.05) is 0 Å². The lowest BCUT2D eigenvalue weighted by atomic mass is 10.1. The van der Waals surface area contributed by atoms with Gasteiger partial charge in [-0.05, 0) is 29.3 Å². The third-order valence-electron chi connectivity index (χ3n) is 4.13. The number of hydrogen-bond donors (Lipinski definition) is 2. The Kier molecular flexibility index (Phi) is 3.86. The van der Waals surface area contributed by atoms with E-state index in [4.69, 9.17) is 0 Å². The van der Waals surface area contributed by atoms with Crippen LogP contribution in [0.1, 0.15) is 21.5 Å². The van der Waals surface area contributed by atoms with Gasteiger partial charge in [0.1, 0.15) is 5.75 Å². The van der Waals surface area contributed by atoms with Crippen LogP contribution in [0.25, 0.3) is 11.1 Å². The van der Waals surface area contributed by atoms with Gasteiger partial charge in [0.05, 0.1) is 11.3 Å². The van der Waals surface area contributed by atoms with Gasteiger partial charge in [0.25, 0.3) is 5.91 Å². The van der Waals surface area contributed by atoms with E-state index in [0.29, 0.717) is 10.2 Å². The minimum atomic E-state index is -0.465. The van der Waals surface area contributed by atoms with E-state index < -0.39 is 5.91 Å². The highest BCUT2D eigenvalue weighted by atomic mass is 79.9. The summed E-state index contributed by atoms with van der Waals surface area (Å²) in [6.07, 6.45) is 0. The number of aromatic hydroxyl groups is 1. The zero-order valence-corrected chi connectivity index (χ0v) is 14.6. The fraction of sp³-hybridized carbons (Fsp3) is 0. The molecule has 0 unspecified atom stereocenters. The number of hydrazone groups is 1. The number of hydrogen-bond acceptors (Lipinski definition) is 3. The maximum atomic E-state index is 12.4. The molecule has 0 fully saturated rings. The molecule has 1 aliphatic carbocycles. The molecule has 4 rings (SSSR count). The highest BCUT2D eigenvalue weighted by molar-refractivity contribution is 9.10. The number of carbonyl (C=O) groups is 1. The Labute approximate surface area is 153 Å². The Morgan fingerprint density at radius 1 is 0.880 bits per heavy atom. The van der Waals surface area contributed by atoms with E-state index in [9.17, 15) is 9.90 Å². The number of phenolic OH excluding ortho intramolecular Hbond substituents is 1. The Morgan fingerprint density at radius 2 is 1.44 bits per heavy atom. The van der Waals surface area contributed by atoms with Crippen LogP contribution in [0.2, 0.25) is 0 Å². The van der Waals surface area contributed by atoms with Gasteiger partial charge in [0.15, 0.2) is 0 Å². The normalized spacial score (nSPS) is 11.6. The lowest BCUT2D eigenvalue weighted by Crippen LogP contribution is -2.20. The average Bonchev–Trinajstić information content (AvgIpc) is 2.96. The quantitative estimate of drug-likeness (QED) is 0.499. The summed E-state index contributed by atoms with van der Waals surface area (Å²) in [6, 6.07) is 20.6. The maximum absolute atomic E-state index is 12.4. The summed E-state index contributed by atoms with van der Waals surface area (Å²) < 4.78 is 0.708. The van der Waals surface area contributed by atoms with Gasteiger partial charge < -0.3 is 5.11 Å². The van der Waals surface area contributed by atoms with E-state index in [-0.39, 0.29) is 11.3 Å². The van der Waals surface area contributed by atoms with Crippen molar-refractivity contribution in [2.45, 2.75) is 0 Å². The van der Waals surface area contributed by atoms with Crippen LogP contribution in [0, 0.1) is 0 Å². The molecule has 1 amide bonds. The molecular weight excluding hydrogens is 380 g/mol. The topological polar surface area (TPSA) is 61.7 Å². The molecular formula is C20H13BrN2O2. The van der Waals surface area contributed by atoms with E-state index in [1.54, 1.807) is 12.1 Å². The molecule has 3 aromatic rings. The van der Waals surface area contributed by atoms with Crippen molar-refractivity contribution in [2.24, 2.45) is 5.10 Å². The van der Waals surface area contributed by atoms with Gasteiger partial charge in [-0.3, -0.25) is 4.79 Å². The largest absolute Gasteiger partial charge is 0.507 e. The number of halogens is 1. The van der Waals surface area contributed by atoms with E-state index in [0.717, 1.165) is 22.3 Å². The van der Waals surface area contributed by atoms with Crippen molar-refractivity contribution in [3.05, 3.63) is 87.9 Å². The molecule has 0 aromatic heterocycles. The van der Waals surface area contributed by atoms with Gasteiger partial charge in [-0.2, -0.15) is 5.10 Å². The van der Waals surface area contributed by atoms with Crippen LogP contribution in [0.5, 0.6) is 5.75 Å². The zero-order chi connectivity index (χ0) is 17.4. The Morgan fingerprint density at radius 3 is 2.04 bits per heavy atom. The van der Waals surface area contributed by atoms with Crippen LogP contribution in [-0.2, 0) is 0 Å². The number of nitrogens with zero attached hydrogens (tertiary/aromatic N) is 1. The SMILES string of the molecule is O=C(NN=C1c2ccccc2-c2ccccc21)c1cc(Br)ccc1O. The first kappa shape index (κ1) is 15.6. The molecule has 122 valence electrons. The van der Waals surface area contributed by atoms with Gasteiger partial charge in [-0.15, -0.1) is 0 Å². The molecule has 1 aliphatic rings. The van der Waals surface area contributed by atoms with E-state index >= 15 is 0 Å². The molecule has 0 saturated carbocycles. The van der Waals surface area contributed by atoms with E-state index in [1.165, 1.54) is 6.07 Å². The summed E-state index contributed by atoms with van der Waals surface area (Å²) >= 11 is 3.30. The molecule has 25 heavy (non-hydrogen) atoms. The van der Waals surface area contributed by atoms with Gasteiger partial charge >= 0.3 is 0 Å². The van der Waals surface area contributed by atoms with Crippen molar-refractivity contribution < 1.29 is 9.90 Å². The second kappa shape index (κ2) is 6.18. The first-order valence-electron chi connectivity index (χ1n) is 7.71. The van der Waals surface area contributed by atoms with Gasteiger partial charge in [-0.25, -0.2) is 5.43 Å². The van der Waals surface area contributed by atoms with Crippen molar-refractivity contribution in [1.82, 2.24) is 5.43 Å². The number of amides is 1. The molecule has 0 heterocycles. The molecule has 5 heteroatoms. The molecule has 4 nitrogen and oxygen atoms in total. The van der Waals surface area contributed by atoms with Crippen LogP contribution in [0.3, 0.4) is 0 Å². The van der Waals surface area contributed by atoms with Crippen molar-refractivity contribution in [3.63, 3.8) is 0 Å². The number of rotatable bonds is 2. The van der Waals surface area contributed by atoms with Gasteiger partial charge in [0.2, 0.25) is 0 Å². The summed E-state index contributed by atoms with van der Waals surface area (Å²) in [7, 11) is 0. The van der Waals surface area contributed by atoms with Crippen LogP contribution in [0.15, 0.2) is 76.3 Å². The fourth-order valence-corrected chi connectivity index (χ4v) is 3.33. The molecule has 0 bridgehead atoms. The third-order valence-corrected chi connectivity index (χ3v) is 4.62. The predicted molar refractivity (Wildman–Crippen MR) is 101 cm³/mol. The molecule has 0 atom stereocenters. The van der Waals surface area contributed by atoms with Crippen LogP contribution >= 0.6 is 15.9 Å². The Bertz CT molecular complexity index is 980. The number of nitrogens with one attached hydrogen (secondary N) is 1. The van der Waals surface area contributed by atoms with Crippen LogP contribution in [-0.4, -0.2) is 16.7 Å². The van der Waals surface area contributed by atoms with E-state index in [2.05, 4.69) is 26.5 Å². The summed E-state index contributed by atoms with van der Waals surface area (Å²) in [5, 5.41) is 14.2. The number of benzene rings is 3. The smallest absolute Gasteiger partial charge is 0.275 e. The predicted octanol–water partition coefficient (Wildman–Crippen LogP) is 4.32. The summed E-state index contributed by atoms with van der Waals surface area (Å²) in [6.45, 7) is 0. The maximum Gasteiger partial charge on any atom is 0.275 e. The summed E-state index contributed by atoms with van der Waals surface area (Å²) in [5.41, 5.74) is 7.58. The lowest BCUT2D eigenvalue weighted by molar-refractivity contribution is 0.0952. The highest BCUT2D eigenvalue weighted by Crippen LogP contribution is 2.36. The number of phenols is 1. The van der Waals surface area contributed by atoms with Gasteiger partial charge in [-0.1, -0.05) is 64.5 Å². The first-order valence-corrected chi connectivity index (χ1v) is 8.50. The summed E-state index contributed by atoms with van der Waals surface area (Å²) in [5.74, 6) is -0.554. The standard InChI is InChI=1S/C20H13BrN2O2/c21-12-9-10-18(24)17(11-12)20(25)23-22-19-15-7-3-1-5-13(15)14-6-2-4-8-16(14)19/h1-11,24H,(H,23,25). The second-order valence-corrected chi connectivity index (χ2v) is 6.57. The second-order valence-electron chi connectivity index (χ2n) is 5.65. The van der Waals surface area contributed by atoms with Crippen molar-refractivity contribution in [3.8, 4) is 16.9 Å². The number of fused-ring (bicyclic) bond motifs is 3. The molecule has 0 radical (unpaired) electrons.